The van der Waals surface area contributed by atoms with Gasteiger partial charge in [0, 0.05) is 23.7 Å². The number of hydrogen-bond donors (Lipinski definition) is 1. The average molecular weight is 339 g/mol. The van der Waals surface area contributed by atoms with Crippen LogP contribution in [-0.4, -0.2) is 10.8 Å². The Balaban J connectivity index is 2.28. The first-order valence-electron chi connectivity index (χ1n) is 7.40. The highest BCUT2D eigenvalue weighted by Gasteiger charge is 2.33. The molecule has 5 nitrogen and oxygen atoms in total. The van der Waals surface area contributed by atoms with E-state index in [1.165, 1.54) is 0 Å². The molecule has 24 heavy (non-hydrogen) atoms. The summed E-state index contributed by atoms with van der Waals surface area (Å²) in [5.41, 5.74) is 8.10. The fourth-order valence-corrected chi connectivity index (χ4v) is 3.28. The molecule has 6 heteroatoms. The van der Waals surface area contributed by atoms with E-state index < -0.39 is 5.92 Å². The number of thioether (sulfide) groups is 1. The van der Waals surface area contributed by atoms with Gasteiger partial charge < -0.3 is 15.0 Å². The summed E-state index contributed by atoms with van der Waals surface area (Å²) in [6, 6.07) is 11.7. The van der Waals surface area contributed by atoms with Crippen molar-refractivity contribution < 1.29 is 4.74 Å². The van der Waals surface area contributed by atoms with E-state index >= 15 is 0 Å². The van der Waals surface area contributed by atoms with Gasteiger partial charge in [-0.05, 0) is 30.9 Å². The number of aromatic nitrogens is 1. The van der Waals surface area contributed by atoms with Crippen molar-refractivity contribution in [1.29, 1.82) is 5.26 Å². The Labute approximate surface area is 144 Å². The molecule has 0 saturated heterocycles. The molecule has 0 bridgehead atoms. The molecule has 2 aromatic rings. The van der Waals surface area contributed by atoms with Gasteiger partial charge in [-0.15, -0.1) is 11.8 Å². The van der Waals surface area contributed by atoms with Gasteiger partial charge in [0.15, 0.2) is 0 Å². The highest BCUT2D eigenvalue weighted by molar-refractivity contribution is 7.98. The third kappa shape index (κ3) is 2.47. The lowest BCUT2D eigenvalue weighted by Crippen LogP contribution is -2.31. The van der Waals surface area contributed by atoms with Crippen molar-refractivity contribution in [3.05, 3.63) is 69.0 Å². The number of nitriles is 1. The molecular weight excluding hydrogens is 322 g/mol. The number of pyridine rings is 1. The summed E-state index contributed by atoms with van der Waals surface area (Å²) in [6.45, 7) is 1.83. The van der Waals surface area contributed by atoms with E-state index in [4.69, 9.17) is 10.5 Å². The molecule has 0 fully saturated rings. The van der Waals surface area contributed by atoms with Crippen LogP contribution < -0.4 is 16.0 Å². The van der Waals surface area contributed by atoms with Gasteiger partial charge in [0.05, 0.1) is 11.5 Å². The standard InChI is InChI=1S/C18H17N3O2S/c1-10-8-14-16(18(22)21(10)2)15(13(9-19)17(20)23-14)11-4-6-12(24-3)7-5-11/h4-8,15H,20H2,1-3H3/t15-/m0/s1. The van der Waals surface area contributed by atoms with E-state index in [0.29, 0.717) is 11.3 Å². The second-order valence-electron chi connectivity index (χ2n) is 5.63. The van der Waals surface area contributed by atoms with E-state index in [9.17, 15) is 10.1 Å². The summed E-state index contributed by atoms with van der Waals surface area (Å²) >= 11 is 1.63. The zero-order valence-electron chi connectivity index (χ0n) is 13.7. The normalized spacial score (nSPS) is 16.3. The van der Waals surface area contributed by atoms with Crippen molar-refractivity contribution in [2.24, 2.45) is 12.8 Å². The maximum Gasteiger partial charge on any atom is 0.258 e. The zero-order chi connectivity index (χ0) is 17.4. The van der Waals surface area contributed by atoms with E-state index in [-0.39, 0.29) is 17.0 Å². The first kappa shape index (κ1) is 16.2. The second kappa shape index (κ2) is 6.10. The van der Waals surface area contributed by atoms with Crippen LogP contribution in [0.15, 0.2) is 51.5 Å². The van der Waals surface area contributed by atoms with Crippen molar-refractivity contribution in [2.45, 2.75) is 17.7 Å². The molecule has 1 aromatic carbocycles. The minimum absolute atomic E-state index is 0.0524. The molecule has 0 unspecified atom stereocenters. The van der Waals surface area contributed by atoms with E-state index in [1.54, 1.807) is 29.4 Å². The quantitative estimate of drug-likeness (QED) is 0.851. The summed E-state index contributed by atoms with van der Waals surface area (Å²) in [5, 5.41) is 9.55. The summed E-state index contributed by atoms with van der Waals surface area (Å²) in [7, 11) is 1.71. The van der Waals surface area contributed by atoms with Gasteiger partial charge in [0.25, 0.3) is 5.56 Å². The molecule has 0 aliphatic carbocycles. The maximum absolute atomic E-state index is 12.8. The number of rotatable bonds is 2. The van der Waals surface area contributed by atoms with Crippen LogP contribution in [0.25, 0.3) is 0 Å². The van der Waals surface area contributed by atoms with Crippen LogP contribution in [0.1, 0.15) is 22.7 Å². The maximum atomic E-state index is 12.8. The molecule has 2 N–H and O–H groups in total. The predicted molar refractivity (Wildman–Crippen MR) is 93.9 cm³/mol. The Morgan fingerprint density at radius 2 is 2.00 bits per heavy atom. The van der Waals surface area contributed by atoms with Crippen LogP contribution in [0.4, 0.5) is 0 Å². The fraction of sp³-hybridized carbons (Fsp3) is 0.222. The number of allylic oxidation sites excluding steroid dienone is 1. The third-order valence-electron chi connectivity index (χ3n) is 4.30. The van der Waals surface area contributed by atoms with Gasteiger partial charge in [-0.3, -0.25) is 4.79 Å². The van der Waals surface area contributed by atoms with Crippen LogP contribution in [0.3, 0.4) is 0 Å². The Hall–Kier alpha value is -2.65. The van der Waals surface area contributed by atoms with Gasteiger partial charge in [0.2, 0.25) is 5.88 Å². The van der Waals surface area contributed by atoms with E-state index in [1.807, 2.05) is 37.4 Å². The van der Waals surface area contributed by atoms with Crippen LogP contribution in [0.2, 0.25) is 0 Å². The number of ether oxygens (including phenoxy) is 1. The van der Waals surface area contributed by atoms with Crippen LogP contribution in [0, 0.1) is 18.3 Å². The van der Waals surface area contributed by atoms with Gasteiger partial charge in [-0.1, -0.05) is 12.1 Å². The van der Waals surface area contributed by atoms with Crippen LogP contribution in [-0.2, 0) is 7.05 Å². The van der Waals surface area contributed by atoms with Crippen molar-refractivity contribution in [3.63, 3.8) is 0 Å². The van der Waals surface area contributed by atoms with Crippen molar-refractivity contribution >= 4 is 11.8 Å². The first-order valence-corrected chi connectivity index (χ1v) is 8.62. The molecule has 1 aromatic heterocycles. The summed E-state index contributed by atoms with van der Waals surface area (Å²) in [5.74, 6) is -0.0448. The summed E-state index contributed by atoms with van der Waals surface area (Å²) in [6.07, 6.45) is 2.00. The first-order chi connectivity index (χ1) is 11.5. The van der Waals surface area contributed by atoms with E-state index in [0.717, 1.165) is 16.2 Å². The van der Waals surface area contributed by atoms with Crippen LogP contribution in [0.5, 0.6) is 5.75 Å². The number of benzene rings is 1. The molecule has 122 valence electrons. The minimum Gasteiger partial charge on any atom is -0.440 e. The number of fused-ring (bicyclic) bond motifs is 1. The van der Waals surface area contributed by atoms with Crippen molar-refractivity contribution in [2.75, 3.05) is 6.26 Å². The molecule has 0 amide bonds. The number of nitrogens with two attached hydrogens (primary N) is 1. The highest BCUT2D eigenvalue weighted by Crippen LogP contribution is 2.40. The Morgan fingerprint density at radius 1 is 1.33 bits per heavy atom. The highest BCUT2D eigenvalue weighted by atomic mass is 32.2. The Kier molecular flexibility index (Phi) is 4.12. The number of hydrogen-bond acceptors (Lipinski definition) is 5. The van der Waals surface area contributed by atoms with Crippen LogP contribution >= 0.6 is 11.8 Å². The molecule has 0 saturated carbocycles. The molecule has 1 aliphatic rings. The summed E-state index contributed by atoms with van der Waals surface area (Å²) in [4.78, 5) is 13.9. The lowest BCUT2D eigenvalue weighted by molar-refractivity contribution is 0.389. The molecule has 1 atom stereocenters. The fourth-order valence-electron chi connectivity index (χ4n) is 2.87. The minimum atomic E-state index is -0.519. The van der Waals surface area contributed by atoms with Crippen molar-refractivity contribution in [1.82, 2.24) is 4.57 Å². The van der Waals surface area contributed by atoms with Gasteiger partial charge in [0.1, 0.15) is 17.4 Å². The zero-order valence-corrected chi connectivity index (χ0v) is 14.5. The molecular formula is C18H17N3O2S. The van der Waals surface area contributed by atoms with E-state index in [2.05, 4.69) is 6.07 Å². The lowest BCUT2D eigenvalue weighted by atomic mass is 9.84. The van der Waals surface area contributed by atoms with Gasteiger partial charge in [-0.2, -0.15) is 5.26 Å². The van der Waals surface area contributed by atoms with Crippen molar-refractivity contribution in [3.8, 4) is 11.8 Å². The smallest absolute Gasteiger partial charge is 0.258 e. The molecule has 1 aliphatic heterocycles. The van der Waals surface area contributed by atoms with Gasteiger partial charge in [-0.25, -0.2) is 0 Å². The predicted octanol–water partition coefficient (Wildman–Crippen LogP) is 2.63. The SMILES string of the molecule is CSc1ccc([C@H]2C(C#N)=C(N)Oc3cc(C)n(C)c(=O)c32)cc1. The van der Waals surface area contributed by atoms with Gasteiger partial charge >= 0.3 is 0 Å². The number of aryl methyl sites for hydroxylation is 1. The second-order valence-corrected chi connectivity index (χ2v) is 6.51. The molecule has 3 rings (SSSR count). The molecule has 2 heterocycles. The molecule has 0 radical (unpaired) electrons. The average Bonchev–Trinajstić information content (AvgIpc) is 2.59. The summed E-state index contributed by atoms with van der Waals surface area (Å²) < 4.78 is 7.12. The topological polar surface area (TPSA) is 81.0 Å². The number of nitrogens with zero attached hydrogens (tertiary/aromatic N) is 2. The Bertz CT molecular complexity index is 936. The Morgan fingerprint density at radius 3 is 2.58 bits per heavy atom. The molecule has 0 spiro atoms. The monoisotopic (exact) mass is 339 g/mol. The third-order valence-corrected chi connectivity index (χ3v) is 5.05. The lowest BCUT2D eigenvalue weighted by Gasteiger charge is -2.26. The largest absolute Gasteiger partial charge is 0.440 e.